The van der Waals surface area contributed by atoms with Crippen LogP contribution in [0.2, 0.25) is 0 Å². The van der Waals surface area contributed by atoms with Crippen molar-refractivity contribution in [3.8, 4) is 0 Å². The van der Waals surface area contributed by atoms with Gasteiger partial charge in [-0.1, -0.05) is 18.2 Å². The number of amides is 1. The number of nitrogens with zero attached hydrogens (tertiary/aromatic N) is 1. The molecule has 0 bridgehead atoms. The number of hydrogen-bond acceptors (Lipinski definition) is 5. The minimum atomic E-state index is -1.18. The summed E-state index contributed by atoms with van der Waals surface area (Å²) in [4.78, 5) is 35.6. The van der Waals surface area contributed by atoms with Crippen molar-refractivity contribution in [3.05, 3.63) is 35.5 Å². The molecule has 0 aliphatic heterocycles. The molecular formula is C20H26N2O6. The number of carboxylic acids is 1. The summed E-state index contributed by atoms with van der Waals surface area (Å²) in [7, 11) is 1.31. The molecule has 2 N–H and O–H groups in total. The van der Waals surface area contributed by atoms with Crippen molar-refractivity contribution in [2.24, 2.45) is 0 Å². The second kappa shape index (κ2) is 8.33. The number of carbonyl (C=O) groups is 3. The number of rotatable bonds is 6. The SMILES string of the molecule is COC(=O)Cn1c(C)c(CC(NC(=O)OC(C)(C)C)C(=O)O)c2ccccc21. The van der Waals surface area contributed by atoms with Crippen molar-refractivity contribution in [2.75, 3.05) is 7.11 Å². The molecule has 28 heavy (non-hydrogen) atoms. The predicted molar refractivity (Wildman–Crippen MR) is 103 cm³/mol. The van der Waals surface area contributed by atoms with Crippen molar-refractivity contribution < 1.29 is 29.0 Å². The quantitative estimate of drug-likeness (QED) is 0.735. The first-order chi connectivity index (χ1) is 13.0. The van der Waals surface area contributed by atoms with E-state index in [1.807, 2.05) is 31.2 Å². The summed E-state index contributed by atoms with van der Waals surface area (Å²) in [6.07, 6.45) is -0.745. The van der Waals surface area contributed by atoms with Crippen molar-refractivity contribution >= 4 is 28.9 Å². The van der Waals surface area contributed by atoms with E-state index in [-0.39, 0.29) is 13.0 Å². The zero-order valence-corrected chi connectivity index (χ0v) is 16.7. The number of methoxy groups -OCH3 is 1. The van der Waals surface area contributed by atoms with Crippen molar-refractivity contribution in [1.82, 2.24) is 9.88 Å². The lowest BCUT2D eigenvalue weighted by Gasteiger charge is -2.22. The Balaban J connectivity index is 2.37. The number of benzene rings is 1. The molecule has 0 aliphatic rings. The first kappa shape index (κ1) is 21.3. The first-order valence-corrected chi connectivity index (χ1v) is 8.89. The van der Waals surface area contributed by atoms with Crippen LogP contribution in [0.1, 0.15) is 32.0 Å². The Hall–Kier alpha value is -3.03. The lowest BCUT2D eigenvalue weighted by Crippen LogP contribution is -2.44. The van der Waals surface area contributed by atoms with Gasteiger partial charge >= 0.3 is 18.0 Å². The number of nitrogens with one attached hydrogen (secondary N) is 1. The van der Waals surface area contributed by atoms with E-state index in [1.54, 1.807) is 25.3 Å². The van der Waals surface area contributed by atoms with Crippen LogP contribution in [0.5, 0.6) is 0 Å². The largest absolute Gasteiger partial charge is 0.480 e. The highest BCUT2D eigenvalue weighted by Gasteiger charge is 2.27. The molecule has 0 radical (unpaired) electrons. The minimum absolute atomic E-state index is 0.0140. The molecule has 2 aromatic rings. The van der Waals surface area contributed by atoms with Crippen LogP contribution in [-0.4, -0.2) is 46.5 Å². The Morgan fingerprint density at radius 2 is 1.86 bits per heavy atom. The Morgan fingerprint density at radius 1 is 1.21 bits per heavy atom. The van der Waals surface area contributed by atoms with E-state index in [2.05, 4.69) is 5.32 Å². The van der Waals surface area contributed by atoms with Gasteiger partial charge in [0.15, 0.2) is 0 Å². The van der Waals surface area contributed by atoms with Gasteiger partial charge in [-0.3, -0.25) is 4.79 Å². The van der Waals surface area contributed by atoms with Gasteiger partial charge in [0.1, 0.15) is 18.2 Å². The van der Waals surface area contributed by atoms with Crippen molar-refractivity contribution in [3.63, 3.8) is 0 Å². The zero-order valence-electron chi connectivity index (χ0n) is 16.7. The monoisotopic (exact) mass is 390 g/mol. The summed E-state index contributed by atoms with van der Waals surface area (Å²) in [6, 6.07) is 6.22. The van der Waals surface area contributed by atoms with E-state index in [0.29, 0.717) is 0 Å². The highest BCUT2D eigenvalue weighted by Crippen LogP contribution is 2.27. The normalized spacial score (nSPS) is 12.5. The maximum Gasteiger partial charge on any atom is 0.408 e. The molecule has 152 valence electrons. The molecular weight excluding hydrogens is 364 g/mol. The van der Waals surface area contributed by atoms with Crippen molar-refractivity contribution in [1.29, 1.82) is 0 Å². The topological polar surface area (TPSA) is 107 Å². The molecule has 8 heteroatoms. The molecule has 1 atom stereocenters. The van der Waals surface area contributed by atoms with E-state index in [9.17, 15) is 19.5 Å². The molecule has 0 saturated carbocycles. The summed E-state index contributed by atoms with van der Waals surface area (Å²) < 4.78 is 11.7. The van der Waals surface area contributed by atoms with Crippen LogP contribution in [-0.2, 0) is 32.0 Å². The average Bonchev–Trinajstić information content (AvgIpc) is 2.85. The number of aliphatic carboxylic acids is 1. The molecule has 2 rings (SSSR count). The van der Waals surface area contributed by atoms with Gasteiger partial charge in [0.25, 0.3) is 0 Å². The Morgan fingerprint density at radius 3 is 2.43 bits per heavy atom. The Kier molecular flexibility index (Phi) is 6.33. The van der Waals surface area contributed by atoms with Gasteiger partial charge in [0.05, 0.1) is 7.11 Å². The number of alkyl carbamates (subject to hydrolysis) is 1. The fourth-order valence-corrected chi connectivity index (χ4v) is 3.01. The maximum atomic E-state index is 12.0. The van der Waals surface area contributed by atoms with Gasteiger partial charge in [0, 0.05) is 23.0 Å². The van der Waals surface area contributed by atoms with Crippen LogP contribution in [0.25, 0.3) is 10.9 Å². The third kappa shape index (κ3) is 5.03. The highest BCUT2D eigenvalue weighted by atomic mass is 16.6. The number of para-hydroxylation sites is 1. The van der Waals surface area contributed by atoms with Gasteiger partial charge in [-0.05, 0) is 39.3 Å². The molecule has 0 aliphatic carbocycles. The number of esters is 1. The lowest BCUT2D eigenvalue weighted by molar-refractivity contribution is -0.141. The van der Waals surface area contributed by atoms with Gasteiger partial charge in [0.2, 0.25) is 0 Å². The molecule has 8 nitrogen and oxygen atoms in total. The molecule has 1 aromatic carbocycles. The Labute approximate surface area is 163 Å². The third-order valence-electron chi connectivity index (χ3n) is 4.27. The van der Waals surface area contributed by atoms with Crippen LogP contribution in [0, 0.1) is 6.92 Å². The molecule has 0 saturated heterocycles. The maximum absolute atomic E-state index is 12.0. The predicted octanol–water partition coefficient (Wildman–Crippen LogP) is 2.64. The van der Waals surface area contributed by atoms with Crippen LogP contribution >= 0.6 is 0 Å². The van der Waals surface area contributed by atoms with E-state index in [0.717, 1.165) is 22.2 Å². The number of hydrogen-bond donors (Lipinski definition) is 2. The van der Waals surface area contributed by atoms with Gasteiger partial charge < -0.3 is 24.5 Å². The molecule has 0 spiro atoms. The minimum Gasteiger partial charge on any atom is -0.480 e. The fraction of sp³-hybridized carbons (Fsp3) is 0.450. The summed E-state index contributed by atoms with van der Waals surface area (Å²) in [5.74, 6) is -1.58. The molecule has 0 fully saturated rings. The number of carboxylic acid groups (broad SMARTS) is 1. The van der Waals surface area contributed by atoms with E-state index in [4.69, 9.17) is 9.47 Å². The lowest BCUT2D eigenvalue weighted by atomic mass is 10.0. The second-order valence-corrected chi connectivity index (χ2v) is 7.48. The fourth-order valence-electron chi connectivity index (χ4n) is 3.01. The summed E-state index contributed by atoms with van der Waals surface area (Å²) in [6.45, 7) is 6.93. The van der Waals surface area contributed by atoms with Crippen LogP contribution in [0.3, 0.4) is 0 Å². The van der Waals surface area contributed by atoms with Gasteiger partial charge in [-0.15, -0.1) is 0 Å². The van der Waals surface area contributed by atoms with Gasteiger partial charge in [-0.2, -0.15) is 0 Å². The Bertz CT molecular complexity index is 894. The summed E-state index contributed by atoms with van der Waals surface area (Å²) in [5.41, 5.74) is 1.54. The number of fused-ring (bicyclic) bond motifs is 1. The smallest absolute Gasteiger partial charge is 0.408 e. The zero-order chi connectivity index (χ0) is 21.1. The molecule has 1 unspecified atom stereocenters. The van der Waals surface area contributed by atoms with Crippen LogP contribution < -0.4 is 5.32 Å². The van der Waals surface area contributed by atoms with Crippen LogP contribution in [0.4, 0.5) is 4.79 Å². The third-order valence-corrected chi connectivity index (χ3v) is 4.27. The van der Waals surface area contributed by atoms with E-state index < -0.39 is 29.7 Å². The second-order valence-electron chi connectivity index (χ2n) is 7.48. The molecule has 1 aromatic heterocycles. The number of carbonyl (C=O) groups excluding carboxylic acids is 2. The first-order valence-electron chi connectivity index (χ1n) is 8.89. The summed E-state index contributed by atoms with van der Waals surface area (Å²) >= 11 is 0. The van der Waals surface area contributed by atoms with Gasteiger partial charge in [-0.25, -0.2) is 9.59 Å². The standard InChI is InChI=1S/C20H26N2O6/c1-12-14(10-15(18(24)25)21-19(26)28-20(2,3)4)13-8-6-7-9-16(13)22(12)11-17(23)27-5/h6-9,15H,10-11H2,1-5H3,(H,21,26)(H,24,25). The number of aromatic nitrogens is 1. The van der Waals surface area contributed by atoms with E-state index >= 15 is 0 Å². The summed E-state index contributed by atoms with van der Waals surface area (Å²) in [5, 5.41) is 12.8. The van der Waals surface area contributed by atoms with Crippen molar-refractivity contribution in [2.45, 2.75) is 52.3 Å². The average molecular weight is 390 g/mol. The highest BCUT2D eigenvalue weighted by molar-refractivity contribution is 5.88. The van der Waals surface area contributed by atoms with Crippen LogP contribution in [0.15, 0.2) is 24.3 Å². The molecule has 1 amide bonds. The molecule has 1 heterocycles. The number of ether oxygens (including phenoxy) is 2. The van der Waals surface area contributed by atoms with E-state index in [1.165, 1.54) is 7.11 Å².